The van der Waals surface area contributed by atoms with E-state index in [-0.39, 0.29) is 11.5 Å². The van der Waals surface area contributed by atoms with E-state index in [1.165, 1.54) is 18.9 Å². The van der Waals surface area contributed by atoms with E-state index in [1.54, 1.807) is 0 Å². The molecule has 1 aliphatic rings. The lowest BCUT2D eigenvalue weighted by Gasteiger charge is -2.09. The second-order valence-corrected chi connectivity index (χ2v) is 4.23. The zero-order chi connectivity index (χ0) is 12.3. The van der Waals surface area contributed by atoms with Gasteiger partial charge in [0.05, 0.1) is 11.8 Å². The monoisotopic (exact) mass is 237 g/mol. The van der Waals surface area contributed by atoms with Gasteiger partial charge in [-0.25, -0.2) is 9.37 Å². The Labute approximate surface area is 99.6 Å². The molecule has 0 bridgehead atoms. The Kier molecular flexibility index (Phi) is 3.56. The maximum Gasteiger partial charge on any atom is 0.255 e. The summed E-state index contributed by atoms with van der Waals surface area (Å²) in [4.78, 5) is 15.8. The molecule has 0 aromatic carbocycles. The van der Waals surface area contributed by atoms with Crippen molar-refractivity contribution in [3.05, 3.63) is 23.6 Å². The average Bonchev–Trinajstić information content (AvgIpc) is 3.12. The maximum atomic E-state index is 13.1. The van der Waals surface area contributed by atoms with Crippen molar-refractivity contribution in [1.29, 1.82) is 0 Å². The molecule has 1 heterocycles. The summed E-state index contributed by atoms with van der Waals surface area (Å²) in [5, 5.41) is 5.75. The van der Waals surface area contributed by atoms with Crippen LogP contribution in [-0.2, 0) is 0 Å². The van der Waals surface area contributed by atoms with Crippen LogP contribution >= 0.6 is 0 Å². The minimum absolute atomic E-state index is 0.264. The second kappa shape index (κ2) is 5.12. The lowest BCUT2D eigenvalue weighted by Crippen LogP contribution is -2.27. The predicted octanol–water partition coefficient (Wildman–Crippen LogP) is 1.79. The van der Waals surface area contributed by atoms with Gasteiger partial charge in [0.15, 0.2) is 0 Å². The Morgan fingerprint density at radius 1 is 1.59 bits per heavy atom. The first-order valence-electron chi connectivity index (χ1n) is 5.88. The Morgan fingerprint density at radius 3 is 3.00 bits per heavy atom. The molecule has 17 heavy (non-hydrogen) atoms. The van der Waals surface area contributed by atoms with Gasteiger partial charge in [0.1, 0.15) is 11.6 Å². The van der Waals surface area contributed by atoms with Crippen LogP contribution in [0, 0.1) is 11.7 Å². The van der Waals surface area contributed by atoms with Gasteiger partial charge in [-0.05, 0) is 31.7 Å². The van der Waals surface area contributed by atoms with Crippen molar-refractivity contribution in [3.63, 3.8) is 0 Å². The fraction of sp³-hybridized carbons (Fsp3) is 0.500. The Bertz CT molecular complexity index is 418. The normalized spacial score (nSPS) is 14.5. The van der Waals surface area contributed by atoms with Gasteiger partial charge in [-0.1, -0.05) is 0 Å². The summed E-state index contributed by atoms with van der Waals surface area (Å²) >= 11 is 0. The largest absolute Gasteiger partial charge is 0.370 e. The highest BCUT2D eigenvalue weighted by molar-refractivity contribution is 5.98. The molecule has 2 N–H and O–H groups in total. The SMILES string of the molecule is CCNc1ncc(F)cc1C(=O)NCC1CC1. The Hall–Kier alpha value is -1.65. The summed E-state index contributed by atoms with van der Waals surface area (Å²) in [6.45, 7) is 3.21. The van der Waals surface area contributed by atoms with E-state index in [0.717, 1.165) is 6.20 Å². The first-order valence-corrected chi connectivity index (χ1v) is 5.88. The Balaban J connectivity index is 2.09. The first kappa shape index (κ1) is 11.8. The number of pyridine rings is 1. The fourth-order valence-electron chi connectivity index (χ4n) is 1.57. The maximum absolute atomic E-state index is 13.1. The van der Waals surface area contributed by atoms with Gasteiger partial charge < -0.3 is 10.6 Å². The highest BCUT2D eigenvalue weighted by Crippen LogP contribution is 2.27. The third-order valence-electron chi connectivity index (χ3n) is 2.69. The van der Waals surface area contributed by atoms with Crippen molar-refractivity contribution >= 4 is 11.7 Å². The second-order valence-electron chi connectivity index (χ2n) is 4.23. The molecule has 1 aromatic rings. The number of carbonyl (C=O) groups excluding carboxylic acids is 1. The molecule has 1 aromatic heterocycles. The number of rotatable bonds is 5. The van der Waals surface area contributed by atoms with E-state index in [2.05, 4.69) is 15.6 Å². The van der Waals surface area contributed by atoms with E-state index in [1.807, 2.05) is 6.92 Å². The average molecular weight is 237 g/mol. The molecule has 1 saturated carbocycles. The molecule has 0 spiro atoms. The molecule has 0 unspecified atom stereocenters. The van der Waals surface area contributed by atoms with Crippen LogP contribution in [0.15, 0.2) is 12.3 Å². The number of aromatic nitrogens is 1. The smallest absolute Gasteiger partial charge is 0.255 e. The van der Waals surface area contributed by atoms with E-state index in [4.69, 9.17) is 0 Å². The molecule has 0 saturated heterocycles. The third kappa shape index (κ3) is 3.15. The molecule has 0 radical (unpaired) electrons. The Morgan fingerprint density at radius 2 is 2.35 bits per heavy atom. The van der Waals surface area contributed by atoms with Crippen molar-refractivity contribution in [2.24, 2.45) is 5.92 Å². The number of hydrogen-bond donors (Lipinski definition) is 2. The van der Waals surface area contributed by atoms with Gasteiger partial charge >= 0.3 is 0 Å². The lowest BCUT2D eigenvalue weighted by atomic mass is 10.2. The zero-order valence-corrected chi connectivity index (χ0v) is 9.79. The molecule has 1 aliphatic carbocycles. The molecule has 5 heteroatoms. The van der Waals surface area contributed by atoms with Gasteiger partial charge in [-0.3, -0.25) is 4.79 Å². The van der Waals surface area contributed by atoms with Crippen molar-refractivity contribution < 1.29 is 9.18 Å². The summed E-state index contributed by atoms with van der Waals surface area (Å²) in [6.07, 6.45) is 3.44. The lowest BCUT2D eigenvalue weighted by molar-refractivity contribution is 0.0952. The molecule has 1 fully saturated rings. The van der Waals surface area contributed by atoms with E-state index in [0.29, 0.717) is 24.8 Å². The van der Waals surface area contributed by atoms with Crippen molar-refractivity contribution in [2.75, 3.05) is 18.4 Å². The van der Waals surface area contributed by atoms with Gasteiger partial charge in [-0.15, -0.1) is 0 Å². The molecule has 92 valence electrons. The molecule has 1 amide bonds. The van der Waals surface area contributed by atoms with Crippen molar-refractivity contribution in [3.8, 4) is 0 Å². The zero-order valence-electron chi connectivity index (χ0n) is 9.79. The molecular weight excluding hydrogens is 221 g/mol. The summed E-state index contributed by atoms with van der Waals surface area (Å²) < 4.78 is 13.1. The molecule has 0 atom stereocenters. The number of halogens is 1. The van der Waals surface area contributed by atoms with E-state index >= 15 is 0 Å². The number of nitrogens with one attached hydrogen (secondary N) is 2. The highest BCUT2D eigenvalue weighted by Gasteiger charge is 2.22. The van der Waals surface area contributed by atoms with Crippen LogP contribution in [0.2, 0.25) is 0 Å². The number of amides is 1. The van der Waals surface area contributed by atoms with Crippen molar-refractivity contribution in [2.45, 2.75) is 19.8 Å². The number of hydrogen-bond acceptors (Lipinski definition) is 3. The molecule has 2 rings (SSSR count). The van der Waals surface area contributed by atoms with E-state index in [9.17, 15) is 9.18 Å². The summed E-state index contributed by atoms with van der Waals surface area (Å²) in [6, 6.07) is 1.22. The van der Waals surface area contributed by atoms with Crippen LogP contribution in [0.3, 0.4) is 0 Å². The van der Waals surface area contributed by atoms with Crippen LogP contribution in [-0.4, -0.2) is 24.0 Å². The molecule has 0 aliphatic heterocycles. The summed E-state index contributed by atoms with van der Waals surface area (Å²) in [5.41, 5.74) is 0.271. The highest BCUT2D eigenvalue weighted by atomic mass is 19.1. The number of carbonyl (C=O) groups is 1. The van der Waals surface area contributed by atoms with Gasteiger partial charge in [0.25, 0.3) is 5.91 Å². The minimum atomic E-state index is -0.497. The van der Waals surface area contributed by atoms with Crippen LogP contribution in [0.5, 0.6) is 0 Å². The van der Waals surface area contributed by atoms with Gasteiger partial charge in [-0.2, -0.15) is 0 Å². The van der Waals surface area contributed by atoms with Crippen LogP contribution in [0.4, 0.5) is 10.2 Å². The van der Waals surface area contributed by atoms with Crippen LogP contribution in [0.1, 0.15) is 30.1 Å². The number of anilines is 1. The van der Waals surface area contributed by atoms with Gasteiger partial charge in [0.2, 0.25) is 0 Å². The van der Waals surface area contributed by atoms with Crippen LogP contribution in [0.25, 0.3) is 0 Å². The summed E-state index contributed by atoms with van der Waals surface area (Å²) in [5.74, 6) is 0.272. The fourth-order valence-corrected chi connectivity index (χ4v) is 1.57. The molecular formula is C12H16FN3O. The van der Waals surface area contributed by atoms with E-state index < -0.39 is 5.82 Å². The van der Waals surface area contributed by atoms with Crippen molar-refractivity contribution in [1.82, 2.24) is 10.3 Å². The molecule has 4 nitrogen and oxygen atoms in total. The number of nitrogens with zero attached hydrogens (tertiary/aromatic N) is 1. The predicted molar refractivity (Wildman–Crippen MR) is 63.4 cm³/mol. The van der Waals surface area contributed by atoms with Crippen LogP contribution < -0.4 is 10.6 Å². The van der Waals surface area contributed by atoms with Gasteiger partial charge in [0, 0.05) is 13.1 Å². The standard InChI is InChI=1S/C12H16FN3O/c1-2-14-11-10(5-9(13)7-15-11)12(17)16-6-8-3-4-8/h5,7-8H,2-4,6H2,1H3,(H,14,15)(H,16,17). The first-order chi connectivity index (χ1) is 8.20. The quantitative estimate of drug-likeness (QED) is 0.821. The summed E-state index contributed by atoms with van der Waals surface area (Å²) in [7, 11) is 0. The minimum Gasteiger partial charge on any atom is -0.370 e. The topological polar surface area (TPSA) is 54.0 Å². The third-order valence-corrected chi connectivity index (χ3v) is 2.69.